The number of aromatic nitrogens is 1. The van der Waals surface area contributed by atoms with Gasteiger partial charge < -0.3 is 24.6 Å². The van der Waals surface area contributed by atoms with Crippen LogP contribution in [0.3, 0.4) is 0 Å². The van der Waals surface area contributed by atoms with Crippen LogP contribution in [-0.2, 0) is 14.3 Å². The second-order valence-corrected chi connectivity index (χ2v) is 7.85. The number of pyridine rings is 1. The van der Waals surface area contributed by atoms with Gasteiger partial charge in [0.2, 0.25) is 5.91 Å². The molecule has 2 heterocycles. The van der Waals surface area contributed by atoms with Crippen LogP contribution in [-0.4, -0.2) is 80.3 Å². The number of morpholine rings is 1. The molecule has 1 N–H and O–H groups in total. The van der Waals surface area contributed by atoms with Gasteiger partial charge in [-0.1, -0.05) is 6.92 Å². The Bertz CT molecular complexity index is 1020. The van der Waals surface area contributed by atoms with Crippen LogP contribution in [0.25, 0.3) is 10.9 Å². The van der Waals surface area contributed by atoms with Crippen molar-refractivity contribution in [1.29, 1.82) is 5.26 Å². The molecule has 1 aromatic heterocycles. The number of likely N-dealkylation sites (N-methyl/N-ethyl adjacent to an activating group) is 1. The molecule has 0 spiro atoms. The molecule has 0 bridgehead atoms. The summed E-state index contributed by atoms with van der Waals surface area (Å²) in [6.07, 6.45) is 2.12. The lowest BCUT2D eigenvalue weighted by molar-refractivity contribution is -0.131. The van der Waals surface area contributed by atoms with Crippen LogP contribution in [0.4, 0.5) is 5.69 Å². The van der Waals surface area contributed by atoms with E-state index in [4.69, 9.17) is 9.47 Å². The van der Waals surface area contributed by atoms with Gasteiger partial charge in [-0.05, 0) is 37.6 Å². The summed E-state index contributed by atoms with van der Waals surface area (Å²) in [6.45, 7) is 6.36. The summed E-state index contributed by atoms with van der Waals surface area (Å²) in [5, 5.41) is 12.7. The number of fused-ring (bicyclic) bond motifs is 1. The Kier molecular flexibility index (Phi) is 8.58. The molecule has 3 rings (SSSR count). The zero-order valence-electron chi connectivity index (χ0n) is 19.4. The largest absolute Gasteiger partial charge is 0.382 e. The topological polar surface area (TPSA) is 108 Å². The number of anilines is 1. The molecule has 1 saturated heterocycles. The Hall–Kier alpha value is -3.22. The van der Waals surface area contributed by atoms with Gasteiger partial charge in [-0.25, -0.2) is 0 Å². The fourth-order valence-corrected chi connectivity index (χ4v) is 4.14. The third kappa shape index (κ3) is 5.59. The summed E-state index contributed by atoms with van der Waals surface area (Å²) in [5.74, 6) is -0.640. The number of nitrogens with zero attached hydrogens (tertiary/aromatic N) is 4. The van der Waals surface area contributed by atoms with Gasteiger partial charge in [-0.15, -0.1) is 0 Å². The summed E-state index contributed by atoms with van der Waals surface area (Å²) in [7, 11) is 1.67. The third-order valence-electron chi connectivity index (χ3n) is 5.86. The summed E-state index contributed by atoms with van der Waals surface area (Å²) >= 11 is 0. The second kappa shape index (κ2) is 11.6. The number of amides is 2. The average molecular weight is 454 g/mol. The van der Waals surface area contributed by atoms with Crippen LogP contribution in [0, 0.1) is 11.3 Å². The van der Waals surface area contributed by atoms with E-state index >= 15 is 0 Å². The Morgan fingerprint density at radius 3 is 2.91 bits per heavy atom. The molecule has 1 aliphatic heterocycles. The number of hydrogen-bond donors (Lipinski definition) is 1. The van der Waals surface area contributed by atoms with E-state index in [1.807, 2.05) is 32.0 Å². The number of benzene rings is 1. The Labute approximate surface area is 194 Å². The smallest absolute Gasteiger partial charge is 0.252 e. The van der Waals surface area contributed by atoms with Crippen LogP contribution in [0.5, 0.6) is 0 Å². The minimum atomic E-state index is -0.503. The predicted octanol–water partition coefficient (Wildman–Crippen LogP) is 1.97. The van der Waals surface area contributed by atoms with Gasteiger partial charge in [0.1, 0.15) is 6.04 Å². The molecule has 0 aliphatic carbocycles. The second-order valence-electron chi connectivity index (χ2n) is 7.85. The Morgan fingerprint density at radius 2 is 2.21 bits per heavy atom. The SMILES string of the molecule is CCC(C#N)N(CC)C(=O)CNC(=O)c1ccnc2ccc(N3CCOCC3COC)cc12. The highest BCUT2D eigenvalue weighted by atomic mass is 16.5. The monoisotopic (exact) mass is 453 g/mol. The maximum Gasteiger partial charge on any atom is 0.252 e. The van der Waals surface area contributed by atoms with Gasteiger partial charge in [0.15, 0.2) is 0 Å². The summed E-state index contributed by atoms with van der Waals surface area (Å²) in [5.41, 5.74) is 2.10. The molecule has 9 nitrogen and oxygen atoms in total. The number of rotatable bonds is 9. The molecule has 0 saturated carbocycles. The molecule has 0 radical (unpaired) electrons. The van der Waals surface area contributed by atoms with Crippen LogP contribution >= 0.6 is 0 Å². The molecule has 9 heteroatoms. The fourth-order valence-electron chi connectivity index (χ4n) is 4.14. The maximum atomic E-state index is 13.0. The van der Waals surface area contributed by atoms with Crippen molar-refractivity contribution in [1.82, 2.24) is 15.2 Å². The number of nitrogens with one attached hydrogen (secondary N) is 1. The van der Waals surface area contributed by atoms with Gasteiger partial charge >= 0.3 is 0 Å². The van der Waals surface area contributed by atoms with E-state index in [0.29, 0.717) is 49.3 Å². The zero-order chi connectivity index (χ0) is 23.8. The number of nitriles is 1. The van der Waals surface area contributed by atoms with Gasteiger partial charge in [0.25, 0.3) is 5.91 Å². The summed E-state index contributed by atoms with van der Waals surface area (Å²) in [6, 6.07) is 9.20. The van der Waals surface area contributed by atoms with Crippen molar-refractivity contribution >= 4 is 28.4 Å². The van der Waals surface area contributed by atoms with Crippen molar-refractivity contribution in [2.24, 2.45) is 0 Å². The maximum absolute atomic E-state index is 13.0. The normalized spacial score (nSPS) is 16.8. The molecule has 33 heavy (non-hydrogen) atoms. The van der Waals surface area contributed by atoms with E-state index in [2.05, 4.69) is 21.3 Å². The predicted molar refractivity (Wildman–Crippen MR) is 125 cm³/mol. The van der Waals surface area contributed by atoms with E-state index in [9.17, 15) is 14.9 Å². The lowest BCUT2D eigenvalue weighted by Gasteiger charge is -2.37. The van der Waals surface area contributed by atoms with E-state index in [-0.39, 0.29) is 24.4 Å². The number of methoxy groups -OCH3 is 1. The number of carbonyl (C=O) groups is 2. The van der Waals surface area contributed by atoms with Crippen LogP contribution in [0.15, 0.2) is 30.5 Å². The highest BCUT2D eigenvalue weighted by Crippen LogP contribution is 2.26. The number of hydrogen-bond acceptors (Lipinski definition) is 7. The standard InChI is InChI=1S/C24H31N5O4/c1-4-17(13-25)28(5-2)23(30)14-27-24(31)20-8-9-26-22-7-6-18(12-21(20)22)29-10-11-33-16-19(29)15-32-3/h6-9,12,17,19H,4-5,10-11,14-16H2,1-3H3,(H,27,31). The zero-order valence-corrected chi connectivity index (χ0v) is 19.4. The van der Waals surface area contributed by atoms with Gasteiger partial charge in [-0.2, -0.15) is 5.26 Å². The average Bonchev–Trinajstić information content (AvgIpc) is 2.85. The lowest BCUT2D eigenvalue weighted by Crippen LogP contribution is -2.48. The molecule has 2 amide bonds. The highest BCUT2D eigenvalue weighted by Gasteiger charge is 2.25. The molecular formula is C24H31N5O4. The van der Waals surface area contributed by atoms with Crippen molar-refractivity contribution in [2.75, 3.05) is 51.5 Å². The fraction of sp³-hybridized carbons (Fsp3) is 0.500. The van der Waals surface area contributed by atoms with Crippen molar-refractivity contribution in [2.45, 2.75) is 32.4 Å². The van der Waals surface area contributed by atoms with E-state index in [1.165, 1.54) is 4.90 Å². The molecule has 2 aromatic rings. The van der Waals surface area contributed by atoms with Gasteiger partial charge in [-0.3, -0.25) is 14.6 Å². The Balaban J connectivity index is 1.81. The lowest BCUT2D eigenvalue weighted by atomic mass is 10.1. The van der Waals surface area contributed by atoms with E-state index in [1.54, 1.807) is 19.4 Å². The third-order valence-corrected chi connectivity index (χ3v) is 5.86. The highest BCUT2D eigenvalue weighted by molar-refractivity contribution is 6.07. The van der Waals surface area contributed by atoms with Crippen molar-refractivity contribution in [3.63, 3.8) is 0 Å². The first-order valence-electron chi connectivity index (χ1n) is 11.2. The van der Waals surface area contributed by atoms with Crippen LogP contribution in [0.2, 0.25) is 0 Å². The summed E-state index contributed by atoms with van der Waals surface area (Å²) in [4.78, 5) is 33.7. The molecule has 176 valence electrons. The Morgan fingerprint density at radius 1 is 1.39 bits per heavy atom. The molecule has 1 aliphatic rings. The molecule has 1 fully saturated rings. The van der Waals surface area contributed by atoms with Crippen molar-refractivity contribution in [3.8, 4) is 6.07 Å². The van der Waals surface area contributed by atoms with Crippen LogP contribution in [0.1, 0.15) is 30.6 Å². The van der Waals surface area contributed by atoms with E-state index in [0.717, 1.165) is 12.2 Å². The van der Waals surface area contributed by atoms with Crippen molar-refractivity contribution < 1.29 is 19.1 Å². The van der Waals surface area contributed by atoms with Gasteiger partial charge in [0, 0.05) is 37.5 Å². The first-order valence-corrected chi connectivity index (χ1v) is 11.2. The summed E-state index contributed by atoms with van der Waals surface area (Å²) < 4.78 is 10.9. The first kappa shape index (κ1) is 24.4. The van der Waals surface area contributed by atoms with E-state index < -0.39 is 6.04 Å². The van der Waals surface area contributed by atoms with Gasteiger partial charge in [0.05, 0.1) is 49.6 Å². The van der Waals surface area contributed by atoms with Crippen LogP contribution < -0.4 is 10.2 Å². The molecular weight excluding hydrogens is 422 g/mol. The molecule has 1 aromatic carbocycles. The quantitative estimate of drug-likeness (QED) is 0.618. The minimum Gasteiger partial charge on any atom is -0.382 e. The minimum absolute atomic E-state index is 0.0828. The molecule has 2 atom stereocenters. The number of ether oxygens (including phenoxy) is 2. The first-order chi connectivity index (χ1) is 16.0. The number of carbonyl (C=O) groups excluding carboxylic acids is 2. The molecule has 2 unspecified atom stereocenters. The van der Waals surface area contributed by atoms with Crippen molar-refractivity contribution in [3.05, 3.63) is 36.0 Å².